The summed E-state index contributed by atoms with van der Waals surface area (Å²) in [6.07, 6.45) is 1.77. The second-order valence-electron chi connectivity index (χ2n) is 3.44. The highest BCUT2D eigenvalue weighted by Gasteiger charge is 2.01. The van der Waals surface area contributed by atoms with Crippen LogP contribution in [0.3, 0.4) is 0 Å². The van der Waals surface area contributed by atoms with Gasteiger partial charge in [0.1, 0.15) is 11.9 Å². The Bertz CT molecular complexity index is 525. The molecule has 0 radical (unpaired) electrons. The number of aromatic nitrogens is 1. The lowest BCUT2D eigenvalue weighted by Crippen LogP contribution is -2.01. The molecule has 0 aliphatic heterocycles. The second kappa shape index (κ2) is 4.77. The summed E-state index contributed by atoms with van der Waals surface area (Å²) < 4.78 is 0. The maximum atomic E-state index is 8.70. The van der Waals surface area contributed by atoms with Gasteiger partial charge in [-0.2, -0.15) is 5.26 Å². The molecule has 0 spiro atoms. The van der Waals surface area contributed by atoms with Gasteiger partial charge in [-0.1, -0.05) is 6.07 Å². The smallest absolute Gasteiger partial charge is 0.129 e. The first-order valence-corrected chi connectivity index (χ1v) is 5.80. The Morgan fingerprint density at radius 3 is 3.12 bits per heavy atom. The molecule has 0 amide bonds. The predicted octanol–water partition coefficient (Wildman–Crippen LogP) is 2.94. The van der Waals surface area contributed by atoms with Gasteiger partial charge >= 0.3 is 0 Å². The monoisotopic (exact) mass is 229 g/mol. The number of rotatable bonds is 3. The highest BCUT2D eigenvalue weighted by atomic mass is 32.1. The molecule has 80 valence electrons. The van der Waals surface area contributed by atoms with Crippen LogP contribution in [0.15, 0.2) is 29.8 Å². The normalized spacial score (nSPS) is 9.75. The molecule has 2 rings (SSSR count). The molecule has 2 aromatic heterocycles. The Kier molecular flexibility index (Phi) is 3.18. The minimum Gasteiger partial charge on any atom is -0.365 e. The van der Waals surface area contributed by atoms with Gasteiger partial charge in [-0.15, -0.1) is 11.3 Å². The SMILES string of the molecule is Cc1cccnc1NCc1cc(C#N)cs1. The summed E-state index contributed by atoms with van der Waals surface area (Å²) in [5, 5.41) is 13.8. The van der Waals surface area contributed by atoms with E-state index in [2.05, 4.69) is 16.4 Å². The molecule has 0 fully saturated rings. The maximum Gasteiger partial charge on any atom is 0.129 e. The van der Waals surface area contributed by atoms with Crippen molar-refractivity contribution < 1.29 is 0 Å². The van der Waals surface area contributed by atoms with Crippen LogP contribution in [0.4, 0.5) is 5.82 Å². The number of nitrogens with zero attached hydrogens (tertiary/aromatic N) is 2. The zero-order valence-corrected chi connectivity index (χ0v) is 9.71. The van der Waals surface area contributed by atoms with Crippen LogP contribution in [0.2, 0.25) is 0 Å². The minimum atomic E-state index is 0.712. The molecule has 4 heteroatoms. The number of hydrogen-bond acceptors (Lipinski definition) is 4. The molecule has 0 aliphatic rings. The molecule has 1 N–H and O–H groups in total. The molecule has 0 aromatic carbocycles. The summed E-state index contributed by atoms with van der Waals surface area (Å²) >= 11 is 1.59. The molecule has 0 bridgehead atoms. The first-order chi connectivity index (χ1) is 7.79. The van der Waals surface area contributed by atoms with Gasteiger partial charge in [0.05, 0.1) is 12.1 Å². The van der Waals surface area contributed by atoms with Crippen molar-refractivity contribution in [2.75, 3.05) is 5.32 Å². The zero-order valence-electron chi connectivity index (χ0n) is 8.90. The van der Waals surface area contributed by atoms with E-state index < -0.39 is 0 Å². The number of aryl methyl sites for hydroxylation is 1. The predicted molar refractivity (Wildman–Crippen MR) is 65.3 cm³/mol. The Morgan fingerprint density at radius 2 is 2.44 bits per heavy atom. The minimum absolute atomic E-state index is 0.712. The molecule has 2 heterocycles. The quantitative estimate of drug-likeness (QED) is 0.880. The van der Waals surface area contributed by atoms with E-state index in [9.17, 15) is 0 Å². The molecular formula is C12H11N3S. The van der Waals surface area contributed by atoms with Crippen LogP contribution in [0, 0.1) is 18.3 Å². The van der Waals surface area contributed by atoms with Crippen LogP contribution in [0.25, 0.3) is 0 Å². The van der Waals surface area contributed by atoms with E-state index >= 15 is 0 Å². The van der Waals surface area contributed by atoms with E-state index in [4.69, 9.17) is 5.26 Å². The Morgan fingerprint density at radius 1 is 1.56 bits per heavy atom. The number of nitriles is 1. The summed E-state index contributed by atoms with van der Waals surface area (Å²) in [6, 6.07) is 7.96. The number of thiophene rings is 1. The van der Waals surface area contributed by atoms with Crippen LogP contribution < -0.4 is 5.32 Å². The standard InChI is InChI=1S/C12H11N3S/c1-9-3-2-4-14-12(9)15-7-11-5-10(6-13)8-16-11/h2-5,8H,7H2,1H3,(H,14,15). The lowest BCUT2D eigenvalue weighted by atomic mass is 10.3. The van der Waals surface area contributed by atoms with E-state index in [1.54, 1.807) is 17.5 Å². The van der Waals surface area contributed by atoms with E-state index in [0.717, 1.165) is 21.8 Å². The maximum absolute atomic E-state index is 8.70. The molecule has 0 aliphatic carbocycles. The fraction of sp³-hybridized carbons (Fsp3) is 0.167. The summed E-state index contributed by atoms with van der Waals surface area (Å²) in [5.41, 5.74) is 1.85. The van der Waals surface area contributed by atoms with Crippen molar-refractivity contribution in [1.29, 1.82) is 5.26 Å². The fourth-order valence-electron chi connectivity index (χ4n) is 1.37. The van der Waals surface area contributed by atoms with Crippen molar-refractivity contribution in [1.82, 2.24) is 4.98 Å². The van der Waals surface area contributed by atoms with Crippen molar-refractivity contribution >= 4 is 17.2 Å². The van der Waals surface area contributed by atoms with Crippen LogP contribution >= 0.6 is 11.3 Å². The van der Waals surface area contributed by atoms with Gasteiger partial charge in [0.2, 0.25) is 0 Å². The third kappa shape index (κ3) is 2.38. The highest BCUT2D eigenvalue weighted by molar-refractivity contribution is 7.10. The van der Waals surface area contributed by atoms with E-state index in [-0.39, 0.29) is 0 Å². The average Bonchev–Trinajstić information content (AvgIpc) is 2.76. The first-order valence-electron chi connectivity index (χ1n) is 4.92. The van der Waals surface area contributed by atoms with Gasteiger partial charge in [-0.25, -0.2) is 4.98 Å². The number of pyridine rings is 1. The lowest BCUT2D eigenvalue weighted by molar-refractivity contribution is 1.12. The molecule has 0 saturated heterocycles. The molecule has 16 heavy (non-hydrogen) atoms. The third-order valence-electron chi connectivity index (χ3n) is 2.22. The number of nitrogens with one attached hydrogen (secondary N) is 1. The van der Waals surface area contributed by atoms with E-state index in [0.29, 0.717) is 6.54 Å². The summed E-state index contributed by atoms with van der Waals surface area (Å²) in [5.74, 6) is 0.898. The van der Waals surface area contributed by atoms with E-state index in [1.807, 2.05) is 30.5 Å². The van der Waals surface area contributed by atoms with Gasteiger partial charge in [-0.3, -0.25) is 0 Å². The number of hydrogen-bond donors (Lipinski definition) is 1. The van der Waals surface area contributed by atoms with Gasteiger partial charge in [0, 0.05) is 16.5 Å². The van der Waals surface area contributed by atoms with Gasteiger partial charge < -0.3 is 5.32 Å². The van der Waals surface area contributed by atoms with Crippen LogP contribution in [0.1, 0.15) is 16.0 Å². The third-order valence-corrected chi connectivity index (χ3v) is 3.16. The molecular weight excluding hydrogens is 218 g/mol. The Balaban J connectivity index is 2.03. The molecule has 0 unspecified atom stereocenters. The topological polar surface area (TPSA) is 48.7 Å². The Labute approximate surface area is 98.4 Å². The van der Waals surface area contributed by atoms with Crippen LogP contribution in [0.5, 0.6) is 0 Å². The van der Waals surface area contributed by atoms with Gasteiger partial charge in [0.15, 0.2) is 0 Å². The van der Waals surface area contributed by atoms with Crippen molar-refractivity contribution in [2.24, 2.45) is 0 Å². The van der Waals surface area contributed by atoms with Crippen molar-refractivity contribution in [3.8, 4) is 6.07 Å². The van der Waals surface area contributed by atoms with E-state index in [1.165, 1.54) is 0 Å². The first kappa shape index (κ1) is 10.7. The molecule has 2 aromatic rings. The second-order valence-corrected chi connectivity index (χ2v) is 4.43. The summed E-state index contributed by atoms with van der Waals surface area (Å²) in [4.78, 5) is 5.39. The largest absolute Gasteiger partial charge is 0.365 e. The fourth-order valence-corrected chi connectivity index (χ4v) is 2.12. The van der Waals surface area contributed by atoms with Gasteiger partial charge in [0.25, 0.3) is 0 Å². The average molecular weight is 229 g/mol. The molecule has 3 nitrogen and oxygen atoms in total. The van der Waals surface area contributed by atoms with Crippen molar-refractivity contribution in [3.05, 3.63) is 45.8 Å². The van der Waals surface area contributed by atoms with Crippen molar-refractivity contribution in [3.63, 3.8) is 0 Å². The molecule has 0 saturated carbocycles. The number of anilines is 1. The Hall–Kier alpha value is -1.86. The summed E-state index contributed by atoms with van der Waals surface area (Å²) in [7, 11) is 0. The zero-order chi connectivity index (χ0) is 11.4. The highest BCUT2D eigenvalue weighted by Crippen LogP contribution is 2.16. The van der Waals surface area contributed by atoms with Crippen LogP contribution in [-0.4, -0.2) is 4.98 Å². The summed E-state index contributed by atoms with van der Waals surface area (Å²) in [6.45, 7) is 2.73. The van der Waals surface area contributed by atoms with Crippen molar-refractivity contribution in [2.45, 2.75) is 13.5 Å². The van der Waals surface area contributed by atoms with Crippen LogP contribution in [-0.2, 0) is 6.54 Å². The lowest BCUT2D eigenvalue weighted by Gasteiger charge is -2.05. The van der Waals surface area contributed by atoms with Gasteiger partial charge in [-0.05, 0) is 24.6 Å². The molecule has 0 atom stereocenters.